The number of nitrogens with two attached hydrogens (primary N) is 1. The summed E-state index contributed by atoms with van der Waals surface area (Å²) >= 11 is 3.46. The van der Waals surface area contributed by atoms with Crippen molar-refractivity contribution >= 4 is 15.9 Å². The Balaban J connectivity index is 2.27. The van der Waals surface area contributed by atoms with Crippen molar-refractivity contribution in [3.63, 3.8) is 0 Å². The van der Waals surface area contributed by atoms with Crippen LogP contribution < -0.4 is 10.5 Å². The van der Waals surface area contributed by atoms with Gasteiger partial charge in [0.2, 0.25) is 0 Å². The summed E-state index contributed by atoms with van der Waals surface area (Å²) in [5, 5.41) is 0. The van der Waals surface area contributed by atoms with Crippen LogP contribution in [0.4, 0.5) is 0 Å². The molecule has 0 saturated carbocycles. The molecule has 2 unspecified atom stereocenters. The molecular weight excluding hydrogens is 266 g/mol. The molecule has 0 bridgehead atoms. The number of ether oxygens (including phenoxy) is 1. The van der Waals surface area contributed by atoms with Crippen molar-refractivity contribution < 1.29 is 4.74 Å². The predicted molar refractivity (Wildman–Crippen MR) is 69.6 cm³/mol. The van der Waals surface area contributed by atoms with Crippen LogP contribution in [0.2, 0.25) is 0 Å². The maximum absolute atomic E-state index is 6.18. The third-order valence-corrected chi connectivity index (χ3v) is 3.91. The third kappa shape index (κ3) is 2.25. The highest BCUT2D eigenvalue weighted by Gasteiger charge is 2.28. The van der Waals surface area contributed by atoms with E-state index in [0.717, 1.165) is 28.6 Å². The van der Waals surface area contributed by atoms with E-state index in [1.165, 1.54) is 0 Å². The van der Waals surface area contributed by atoms with Crippen LogP contribution in [-0.4, -0.2) is 6.10 Å². The van der Waals surface area contributed by atoms with Crippen LogP contribution in [0.3, 0.4) is 0 Å². The largest absolute Gasteiger partial charge is 0.490 e. The van der Waals surface area contributed by atoms with Gasteiger partial charge >= 0.3 is 0 Å². The monoisotopic (exact) mass is 283 g/mol. The zero-order valence-electron chi connectivity index (χ0n) is 9.74. The molecule has 2 rings (SSSR count). The van der Waals surface area contributed by atoms with E-state index in [2.05, 4.69) is 35.8 Å². The van der Waals surface area contributed by atoms with Gasteiger partial charge in [-0.15, -0.1) is 0 Å². The van der Waals surface area contributed by atoms with Crippen LogP contribution in [0, 0.1) is 5.92 Å². The molecule has 1 heterocycles. The van der Waals surface area contributed by atoms with Gasteiger partial charge in [-0.2, -0.15) is 0 Å². The van der Waals surface area contributed by atoms with Crippen LogP contribution in [0.15, 0.2) is 22.7 Å². The molecule has 0 spiro atoms. The van der Waals surface area contributed by atoms with Crippen LogP contribution in [0.5, 0.6) is 5.75 Å². The van der Waals surface area contributed by atoms with E-state index in [1.54, 1.807) is 0 Å². The lowest BCUT2D eigenvalue weighted by Crippen LogP contribution is -2.34. The van der Waals surface area contributed by atoms with E-state index in [4.69, 9.17) is 10.5 Å². The van der Waals surface area contributed by atoms with Crippen molar-refractivity contribution in [2.24, 2.45) is 11.7 Å². The predicted octanol–water partition coefficient (Wildman–Crippen LogP) is 3.65. The summed E-state index contributed by atoms with van der Waals surface area (Å²) in [6, 6.07) is 6.20. The smallest absolute Gasteiger partial charge is 0.125 e. The van der Waals surface area contributed by atoms with Gasteiger partial charge in [-0.05, 0) is 18.1 Å². The fourth-order valence-electron chi connectivity index (χ4n) is 2.12. The zero-order valence-corrected chi connectivity index (χ0v) is 11.3. The maximum Gasteiger partial charge on any atom is 0.125 e. The zero-order chi connectivity index (χ0) is 11.7. The number of halogens is 1. The quantitative estimate of drug-likeness (QED) is 0.899. The number of hydrogen-bond acceptors (Lipinski definition) is 2. The molecule has 88 valence electrons. The fraction of sp³-hybridized carbons (Fsp3) is 0.538. The summed E-state index contributed by atoms with van der Waals surface area (Å²) < 4.78 is 7.07. The Morgan fingerprint density at radius 1 is 1.56 bits per heavy atom. The molecule has 2 N–H and O–H groups in total. The average Bonchev–Trinajstić information content (AvgIpc) is 2.27. The Bertz CT molecular complexity index is 380. The van der Waals surface area contributed by atoms with Gasteiger partial charge in [-0.25, -0.2) is 0 Å². The molecule has 1 aliphatic rings. The van der Waals surface area contributed by atoms with Gasteiger partial charge in [-0.1, -0.05) is 42.3 Å². The Morgan fingerprint density at radius 3 is 3.00 bits per heavy atom. The van der Waals surface area contributed by atoms with Gasteiger partial charge < -0.3 is 10.5 Å². The van der Waals surface area contributed by atoms with Crippen LogP contribution in [0.25, 0.3) is 0 Å². The van der Waals surface area contributed by atoms with Crippen molar-refractivity contribution in [3.05, 3.63) is 28.2 Å². The minimum Gasteiger partial charge on any atom is -0.490 e. The standard InChI is InChI=1S/C13H18BrNO/c1-3-8(2)12-7-11(15)10-5-4-9(14)6-13(10)16-12/h4-6,8,11-12H,3,7,15H2,1-2H3/t8?,11-,12?/m0/s1. The normalized spacial score (nSPS) is 25.8. The summed E-state index contributed by atoms with van der Waals surface area (Å²) in [4.78, 5) is 0. The first kappa shape index (κ1) is 11.9. The molecule has 3 atom stereocenters. The minimum atomic E-state index is 0.107. The highest BCUT2D eigenvalue weighted by molar-refractivity contribution is 9.10. The molecule has 1 aromatic carbocycles. The van der Waals surface area contributed by atoms with Gasteiger partial charge in [0.25, 0.3) is 0 Å². The fourth-order valence-corrected chi connectivity index (χ4v) is 2.46. The van der Waals surface area contributed by atoms with Gasteiger partial charge in [0.15, 0.2) is 0 Å². The van der Waals surface area contributed by atoms with E-state index >= 15 is 0 Å². The molecule has 2 nitrogen and oxygen atoms in total. The molecule has 1 aromatic rings. The van der Waals surface area contributed by atoms with Crippen molar-refractivity contribution in [2.45, 2.75) is 38.8 Å². The first-order valence-corrected chi connectivity index (χ1v) is 6.62. The summed E-state index contributed by atoms with van der Waals surface area (Å²) in [7, 11) is 0. The molecular formula is C13H18BrNO. The summed E-state index contributed by atoms with van der Waals surface area (Å²) in [5.41, 5.74) is 7.31. The average molecular weight is 284 g/mol. The van der Waals surface area contributed by atoms with E-state index in [0.29, 0.717) is 5.92 Å². The lowest BCUT2D eigenvalue weighted by Gasteiger charge is -2.33. The van der Waals surface area contributed by atoms with E-state index in [1.807, 2.05) is 12.1 Å². The lowest BCUT2D eigenvalue weighted by molar-refractivity contribution is 0.105. The molecule has 3 heteroatoms. The molecule has 16 heavy (non-hydrogen) atoms. The van der Waals surface area contributed by atoms with Crippen molar-refractivity contribution in [2.75, 3.05) is 0 Å². The second-order valence-electron chi connectivity index (χ2n) is 4.57. The number of rotatable bonds is 2. The van der Waals surface area contributed by atoms with Gasteiger partial charge in [0, 0.05) is 22.5 Å². The minimum absolute atomic E-state index is 0.107. The maximum atomic E-state index is 6.18. The van der Waals surface area contributed by atoms with E-state index in [-0.39, 0.29) is 12.1 Å². The van der Waals surface area contributed by atoms with Crippen LogP contribution >= 0.6 is 15.9 Å². The van der Waals surface area contributed by atoms with E-state index in [9.17, 15) is 0 Å². The lowest BCUT2D eigenvalue weighted by atomic mass is 9.90. The highest BCUT2D eigenvalue weighted by Crippen LogP contribution is 2.37. The molecule has 1 aliphatic heterocycles. The van der Waals surface area contributed by atoms with Gasteiger partial charge in [0.05, 0.1) is 0 Å². The van der Waals surface area contributed by atoms with Crippen LogP contribution in [-0.2, 0) is 0 Å². The number of hydrogen-bond donors (Lipinski definition) is 1. The van der Waals surface area contributed by atoms with Crippen molar-refractivity contribution in [3.8, 4) is 5.75 Å². The molecule has 0 aliphatic carbocycles. The summed E-state index contributed by atoms with van der Waals surface area (Å²) in [5.74, 6) is 1.50. The second-order valence-corrected chi connectivity index (χ2v) is 5.48. The molecule has 0 radical (unpaired) electrons. The highest BCUT2D eigenvalue weighted by atomic mass is 79.9. The molecule has 0 saturated heterocycles. The third-order valence-electron chi connectivity index (χ3n) is 3.42. The number of benzene rings is 1. The Labute approximate surface area is 105 Å². The Hall–Kier alpha value is -0.540. The van der Waals surface area contributed by atoms with Crippen LogP contribution in [0.1, 0.15) is 38.3 Å². The molecule has 0 aromatic heterocycles. The Morgan fingerprint density at radius 2 is 2.31 bits per heavy atom. The van der Waals surface area contributed by atoms with Gasteiger partial charge in [-0.3, -0.25) is 0 Å². The SMILES string of the molecule is CCC(C)C1C[C@H](N)c2ccc(Br)cc2O1. The first-order chi connectivity index (χ1) is 7.61. The summed E-state index contributed by atoms with van der Waals surface area (Å²) in [6.45, 7) is 4.41. The number of fused-ring (bicyclic) bond motifs is 1. The van der Waals surface area contributed by atoms with E-state index < -0.39 is 0 Å². The topological polar surface area (TPSA) is 35.2 Å². The summed E-state index contributed by atoms with van der Waals surface area (Å²) in [6.07, 6.45) is 2.30. The van der Waals surface area contributed by atoms with Crippen molar-refractivity contribution in [1.29, 1.82) is 0 Å². The Kier molecular flexibility index (Phi) is 3.55. The molecule has 0 amide bonds. The molecule has 0 fully saturated rings. The van der Waals surface area contributed by atoms with Gasteiger partial charge in [0.1, 0.15) is 11.9 Å². The second kappa shape index (κ2) is 4.76. The first-order valence-electron chi connectivity index (χ1n) is 5.83. The van der Waals surface area contributed by atoms with Crippen molar-refractivity contribution in [1.82, 2.24) is 0 Å².